The van der Waals surface area contributed by atoms with Crippen molar-refractivity contribution in [2.24, 2.45) is 17.8 Å². The maximum Gasteiger partial charge on any atom is 0.501 e. The molecule has 15 heteroatoms. The molecule has 44 heavy (non-hydrogen) atoms. The molecule has 2 bridgehead atoms. The largest absolute Gasteiger partial charge is 0.501 e. The third-order valence-electron chi connectivity index (χ3n) is 7.60. The second kappa shape index (κ2) is 11.4. The number of hydrogen-bond acceptors (Lipinski definition) is 7. The van der Waals surface area contributed by atoms with Crippen LogP contribution in [0.25, 0.3) is 11.1 Å². The number of rotatable bonds is 8. The van der Waals surface area contributed by atoms with Crippen molar-refractivity contribution >= 4 is 33.3 Å². The maximum absolute atomic E-state index is 15.0. The minimum absolute atomic E-state index is 0.100. The summed E-state index contributed by atoms with van der Waals surface area (Å²) in [7, 11) is -4.42. The van der Waals surface area contributed by atoms with Gasteiger partial charge >= 0.3 is 11.5 Å². The lowest BCUT2D eigenvalue weighted by Gasteiger charge is -2.28. The van der Waals surface area contributed by atoms with E-state index in [2.05, 4.69) is 15.6 Å². The molecule has 1 heterocycles. The smallest absolute Gasteiger partial charge is 0.496 e. The fraction of sp³-hybridized carbons (Fsp3) is 0.241. The molecule has 0 saturated heterocycles. The van der Waals surface area contributed by atoms with Crippen molar-refractivity contribution < 1.29 is 50.2 Å². The topological polar surface area (TPSA) is 152 Å². The number of methoxy groups -OCH3 is 1. The highest BCUT2D eigenvalue weighted by molar-refractivity contribution is 7.92. The van der Waals surface area contributed by atoms with E-state index < -0.39 is 55.8 Å². The van der Waals surface area contributed by atoms with Crippen molar-refractivity contribution in [1.29, 1.82) is 0 Å². The number of anilines is 1. The Kier molecular flexibility index (Phi) is 7.92. The predicted molar refractivity (Wildman–Crippen MR) is 147 cm³/mol. The van der Waals surface area contributed by atoms with Gasteiger partial charge in [0, 0.05) is 29.6 Å². The van der Waals surface area contributed by atoms with Gasteiger partial charge in [-0.1, -0.05) is 18.2 Å². The van der Waals surface area contributed by atoms with Crippen LogP contribution in [0.1, 0.15) is 27.3 Å². The average molecular weight is 634 g/mol. The van der Waals surface area contributed by atoms with Crippen molar-refractivity contribution in [3.63, 3.8) is 0 Å². The van der Waals surface area contributed by atoms with Crippen LogP contribution in [0, 0.1) is 23.6 Å². The molecule has 2 amide bonds. The maximum atomic E-state index is 15.0. The molecule has 0 radical (unpaired) electrons. The molecule has 5 rings (SSSR count). The lowest BCUT2D eigenvalue weighted by atomic mass is 9.87. The minimum Gasteiger partial charge on any atom is -0.496 e. The summed E-state index contributed by atoms with van der Waals surface area (Å²) in [5, 5.41) is 14.5. The number of alkyl halides is 3. The number of nitrogens with one attached hydrogen (secondary N) is 2. The molecule has 2 aromatic carbocycles. The van der Waals surface area contributed by atoms with E-state index >= 15 is 4.39 Å². The number of carbonyl (C=O) groups is 3. The van der Waals surface area contributed by atoms with Crippen LogP contribution >= 0.6 is 0 Å². The van der Waals surface area contributed by atoms with Gasteiger partial charge in [0.25, 0.3) is 15.7 Å². The fourth-order valence-electron chi connectivity index (χ4n) is 5.54. The number of sulfone groups is 1. The van der Waals surface area contributed by atoms with Crippen molar-refractivity contribution in [3.8, 4) is 16.9 Å². The molecule has 1 fully saturated rings. The third-order valence-corrected chi connectivity index (χ3v) is 9.08. The number of carboxylic acid groups (broad SMARTS) is 1. The van der Waals surface area contributed by atoms with E-state index in [0.29, 0.717) is 12.5 Å². The van der Waals surface area contributed by atoms with Gasteiger partial charge in [-0.05, 0) is 60.2 Å². The predicted octanol–water partition coefficient (Wildman–Crippen LogP) is 4.45. The molecule has 0 spiro atoms. The first-order valence-electron chi connectivity index (χ1n) is 13.0. The number of carbonyl (C=O) groups excluding carboxylic acids is 2. The molecule has 10 nitrogen and oxygen atoms in total. The number of aromatic nitrogens is 1. The van der Waals surface area contributed by atoms with E-state index in [-0.39, 0.29) is 45.7 Å². The molecular formula is C29H23F4N3O7S. The van der Waals surface area contributed by atoms with Crippen molar-refractivity contribution in [1.82, 2.24) is 10.3 Å². The SMILES string of the molecule is COc1cc(F)c(-c2ccnc(C(=O)O)c2)cc1C(=O)N[C@@H]1[C@H](C(=O)Nc2cccc(S(=O)(=O)C(F)(F)F)c2)[C@H]2C=C[C@@H]1C2. The average Bonchev–Trinajstić information content (AvgIpc) is 3.58. The highest BCUT2D eigenvalue weighted by Crippen LogP contribution is 2.45. The molecule has 2 aliphatic carbocycles. The normalized spacial score (nSPS) is 20.8. The number of allylic oxidation sites excluding steroid dienone is 1. The van der Waals surface area contributed by atoms with Gasteiger partial charge in [-0.25, -0.2) is 22.6 Å². The third kappa shape index (κ3) is 5.62. The van der Waals surface area contributed by atoms with Gasteiger partial charge in [-0.3, -0.25) is 9.59 Å². The second-order valence-corrected chi connectivity index (χ2v) is 12.1. The molecule has 0 aliphatic heterocycles. The number of amides is 2. The molecule has 1 aromatic heterocycles. The molecule has 230 valence electrons. The Labute approximate surface area is 247 Å². The quantitative estimate of drug-likeness (QED) is 0.243. The van der Waals surface area contributed by atoms with Gasteiger partial charge in [0.1, 0.15) is 17.3 Å². The summed E-state index contributed by atoms with van der Waals surface area (Å²) >= 11 is 0. The second-order valence-electron chi connectivity index (χ2n) is 10.2. The van der Waals surface area contributed by atoms with Crippen molar-refractivity contribution in [2.75, 3.05) is 12.4 Å². The van der Waals surface area contributed by atoms with Gasteiger partial charge in [-0.15, -0.1) is 0 Å². The Morgan fingerprint density at radius 3 is 2.45 bits per heavy atom. The van der Waals surface area contributed by atoms with Gasteiger partial charge < -0.3 is 20.5 Å². The van der Waals surface area contributed by atoms with Crippen LogP contribution in [0.2, 0.25) is 0 Å². The van der Waals surface area contributed by atoms with E-state index in [1.165, 1.54) is 31.5 Å². The molecular weight excluding hydrogens is 610 g/mol. The summed E-state index contributed by atoms with van der Waals surface area (Å²) in [6.45, 7) is 0. The zero-order valence-corrected chi connectivity index (χ0v) is 23.4. The van der Waals surface area contributed by atoms with E-state index in [0.717, 1.165) is 24.3 Å². The first kappa shape index (κ1) is 30.7. The number of fused-ring (bicyclic) bond motifs is 2. The minimum atomic E-state index is -5.65. The van der Waals surface area contributed by atoms with Gasteiger partial charge in [0.15, 0.2) is 0 Å². The highest BCUT2D eigenvalue weighted by Gasteiger charge is 2.49. The first-order valence-corrected chi connectivity index (χ1v) is 14.5. The first-order chi connectivity index (χ1) is 20.7. The number of halogens is 4. The summed E-state index contributed by atoms with van der Waals surface area (Å²) in [5.41, 5.74) is -6.11. The van der Waals surface area contributed by atoms with Gasteiger partial charge in [0.2, 0.25) is 5.91 Å². The Morgan fingerprint density at radius 2 is 1.77 bits per heavy atom. The van der Waals surface area contributed by atoms with E-state index in [4.69, 9.17) is 4.74 Å². The summed E-state index contributed by atoms with van der Waals surface area (Å²) in [5.74, 6) is -5.11. The zero-order chi connectivity index (χ0) is 32.0. The number of aromatic carboxylic acids is 1. The van der Waals surface area contributed by atoms with Gasteiger partial charge in [-0.2, -0.15) is 13.2 Å². The Balaban J connectivity index is 1.41. The van der Waals surface area contributed by atoms with Crippen LogP contribution in [0.15, 0.2) is 71.8 Å². The van der Waals surface area contributed by atoms with Crippen LogP contribution in [0.3, 0.4) is 0 Å². The zero-order valence-electron chi connectivity index (χ0n) is 22.6. The lowest BCUT2D eigenvalue weighted by Crippen LogP contribution is -2.47. The summed E-state index contributed by atoms with van der Waals surface area (Å²) in [6.07, 6.45) is 5.29. The number of pyridine rings is 1. The number of benzene rings is 2. The fourth-order valence-corrected chi connectivity index (χ4v) is 6.35. The number of ether oxygens (including phenoxy) is 1. The Bertz CT molecular complexity index is 1810. The molecule has 3 aromatic rings. The van der Waals surface area contributed by atoms with Crippen LogP contribution < -0.4 is 15.4 Å². The van der Waals surface area contributed by atoms with E-state index in [1.54, 1.807) is 6.08 Å². The summed E-state index contributed by atoms with van der Waals surface area (Å²) < 4.78 is 83.0. The van der Waals surface area contributed by atoms with E-state index in [1.807, 2.05) is 6.08 Å². The Morgan fingerprint density at radius 1 is 1.05 bits per heavy atom. The number of carboxylic acids is 1. The van der Waals surface area contributed by atoms with Crippen LogP contribution in [-0.2, 0) is 14.6 Å². The van der Waals surface area contributed by atoms with Crippen molar-refractivity contribution in [2.45, 2.75) is 22.9 Å². The molecule has 0 unspecified atom stereocenters. The number of hydrogen-bond donors (Lipinski definition) is 3. The highest BCUT2D eigenvalue weighted by atomic mass is 32.2. The summed E-state index contributed by atoms with van der Waals surface area (Å²) in [6, 6.07) is 7.67. The lowest BCUT2D eigenvalue weighted by molar-refractivity contribution is -0.121. The molecule has 4 atom stereocenters. The van der Waals surface area contributed by atoms with Crippen LogP contribution in [0.4, 0.5) is 23.2 Å². The van der Waals surface area contributed by atoms with Crippen LogP contribution in [0.5, 0.6) is 5.75 Å². The van der Waals surface area contributed by atoms with Crippen molar-refractivity contribution in [3.05, 3.63) is 84.0 Å². The standard InChI is InChI=1S/C29H23F4N3O7S/c1-43-23-13-21(30)19(14-7-8-34-22(10-14)28(39)40)12-20(23)26(37)36-25-16-6-5-15(9-16)24(25)27(38)35-17-3-2-4-18(11-17)44(41,42)29(31,32)33/h2-8,10-13,15-16,24-25H,9H2,1H3,(H,35,38)(H,36,37)(H,39,40)/t15-,16+,24+,25-/m0/s1. The van der Waals surface area contributed by atoms with Gasteiger partial charge in [0.05, 0.1) is 23.5 Å². The number of nitrogens with zero attached hydrogens (tertiary/aromatic N) is 1. The molecule has 3 N–H and O–H groups in total. The van der Waals surface area contributed by atoms with Crippen LogP contribution in [-0.4, -0.2) is 55.0 Å². The molecule has 1 saturated carbocycles. The van der Waals surface area contributed by atoms with E-state index in [9.17, 15) is 41.1 Å². The Hall–Kier alpha value is -4.79. The monoisotopic (exact) mass is 633 g/mol. The summed E-state index contributed by atoms with van der Waals surface area (Å²) in [4.78, 5) is 41.0. The molecule has 2 aliphatic rings.